The molecule has 0 aliphatic rings. The summed E-state index contributed by atoms with van der Waals surface area (Å²) in [4.78, 5) is 17.9. The molecular weight excluding hydrogens is 274 g/mol. The molecule has 0 spiro atoms. The highest BCUT2D eigenvalue weighted by Gasteiger charge is 2.13. The molecule has 0 unspecified atom stereocenters. The molecule has 2 heterocycles. The summed E-state index contributed by atoms with van der Waals surface area (Å²) in [7, 11) is 0. The van der Waals surface area contributed by atoms with E-state index in [0.717, 1.165) is 11.1 Å². The molecule has 0 fully saturated rings. The van der Waals surface area contributed by atoms with Gasteiger partial charge in [-0.05, 0) is 16.8 Å². The van der Waals surface area contributed by atoms with Gasteiger partial charge in [0.2, 0.25) is 18.0 Å². The van der Waals surface area contributed by atoms with Crippen molar-refractivity contribution in [2.45, 2.75) is 13.5 Å². The van der Waals surface area contributed by atoms with Gasteiger partial charge in [-0.2, -0.15) is 4.98 Å². The number of hydrogen-bond acceptors (Lipinski definition) is 6. The molecule has 0 aliphatic carbocycles. The number of nitro groups is 1. The number of aromatic nitrogens is 4. The lowest BCUT2D eigenvalue weighted by atomic mass is 10.1. The Labute approximate surface area is 119 Å². The van der Waals surface area contributed by atoms with Crippen LogP contribution < -0.4 is 0 Å². The van der Waals surface area contributed by atoms with Gasteiger partial charge >= 0.3 is 5.82 Å². The van der Waals surface area contributed by atoms with Crippen molar-refractivity contribution in [3.63, 3.8) is 0 Å². The van der Waals surface area contributed by atoms with E-state index in [4.69, 9.17) is 4.52 Å². The molecular formula is C13H11N5O3. The monoisotopic (exact) mass is 285 g/mol. The average Bonchev–Trinajstić information content (AvgIpc) is 3.10. The zero-order valence-electron chi connectivity index (χ0n) is 11.1. The fourth-order valence-corrected chi connectivity index (χ4v) is 1.82. The van der Waals surface area contributed by atoms with Gasteiger partial charge in [0.05, 0.1) is 0 Å². The number of rotatable bonds is 4. The number of hydrogen-bond donors (Lipinski definition) is 0. The first-order valence-corrected chi connectivity index (χ1v) is 6.17. The third-order valence-electron chi connectivity index (χ3n) is 2.90. The third kappa shape index (κ3) is 2.78. The summed E-state index contributed by atoms with van der Waals surface area (Å²) in [6.45, 7) is 2.23. The van der Waals surface area contributed by atoms with E-state index in [1.807, 2.05) is 31.2 Å². The van der Waals surface area contributed by atoms with Crippen LogP contribution in [-0.2, 0) is 6.54 Å². The molecule has 0 radical (unpaired) electrons. The van der Waals surface area contributed by atoms with Gasteiger partial charge in [0.15, 0.2) is 0 Å². The van der Waals surface area contributed by atoms with E-state index >= 15 is 0 Å². The Morgan fingerprint density at radius 1 is 1.33 bits per heavy atom. The van der Waals surface area contributed by atoms with Crippen LogP contribution in [0.4, 0.5) is 5.82 Å². The number of nitrogens with zero attached hydrogens (tertiary/aromatic N) is 5. The minimum atomic E-state index is -0.554. The third-order valence-corrected chi connectivity index (χ3v) is 2.90. The Morgan fingerprint density at radius 2 is 2.10 bits per heavy atom. The average molecular weight is 285 g/mol. The quantitative estimate of drug-likeness (QED) is 0.538. The SMILES string of the molecule is Cc1ccc(-c2noc(Cn3cnc([N+](=O)[O-])c3)n2)cc1. The van der Waals surface area contributed by atoms with Gasteiger partial charge in [0.1, 0.15) is 12.7 Å². The Balaban J connectivity index is 1.78. The van der Waals surface area contributed by atoms with Crippen LogP contribution in [0.5, 0.6) is 0 Å². The number of imidazole rings is 1. The van der Waals surface area contributed by atoms with E-state index in [0.29, 0.717) is 11.7 Å². The molecule has 0 saturated carbocycles. The van der Waals surface area contributed by atoms with Crippen molar-refractivity contribution in [1.82, 2.24) is 19.7 Å². The first-order chi connectivity index (χ1) is 10.1. The molecule has 0 amide bonds. The van der Waals surface area contributed by atoms with E-state index < -0.39 is 4.92 Å². The second kappa shape index (κ2) is 5.16. The fraction of sp³-hybridized carbons (Fsp3) is 0.154. The van der Waals surface area contributed by atoms with Crippen LogP contribution in [0, 0.1) is 17.0 Å². The summed E-state index contributed by atoms with van der Waals surface area (Å²) in [6.07, 6.45) is 2.67. The van der Waals surface area contributed by atoms with E-state index in [-0.39, 0.29) is 12.4 Å². The summed E-state index contributed by atoms with van der Waals surface area (Å²) >= 11 is 0. The zero-order chi connectivity index (χ0) is 14.8. The second-order valence-electron chi connectivity index (χ2n) is 4.54. The maximum atomic E-state index is 10.6. The van der Waals surface area contributed by atoms with Crippen LogP contribution in [0.2, 0.25) is 0 Å². The highest BCUT2D eigenvalue weighted by molar-refractivity contribution is 5.54. The van der Waals surface area contributed by atoms with Gasteiger partial charge in [-0.25, -0.2) is 0 Å². The molecule has 0 atom stereocenters. The molecule has 21 heavy (non-hydrogen) atoms. The van der Waals surface area contributed by atoms with E-state index in [1.165, 1.54) is 17.1 Å². The van der Waals surface area contributed by atoms with Crippen molar-refractivity contribution >= 4 is 5.82 Å². The lowest BCUT2D eigenvalue weighted by Crippen LogP contribution is -1.96. The largest absolute Gasteiger partial charge is 0.381 e. The lowest BCUT2D eigenvalue weighted by molar-refractivity contribution is -0.389. The topological polar surface area (TPSA) is 99.9 Å². The highest BCUT2D eigenvalue weighted by Crippen LogP contribution is 2.17. The summed E-state index contributed by atoms with van der Waals surface area (Å²) in [5.41, 5.74) is 2.00. The van der Waals surface area contributed by atoms with Crippen molar-refractivity contribution in [1.29, 1.82) is 0 Å². The van der Waals surface area contributed by atoms with Gasteiger partial charge in [-0.3, -0.25) is 0 Å². The maximum Gasteiger partial charge on any atom is 0.381 e. The van der Waals surface area contributed by atoms with Crippen LogP contribution in [0.1, 0.15) is 11.5 Å². The molecule has 106 valence electrons. The Kier molecular flexibility index (Phi) is 3.19. The molecule has 0 N–H and O–H groups in total. The van der Waals surface area contributed by atoms with Crippen LogP contribution in [0.3, 0.4) is 0 Å². The molecule has 8 heteroatoms. The molecule has 3 aromatic rings. The van der Waals surface area contributed by atoms with Gasteiger partial charge < -0.3 is 19.2 Å². The van der Waals surface area contributed by atoms with Crippen molar-refractivity contribution in [2.24, 2.45) is 0 Å². The first kappa shape index (κ1) is 13.0. The standard InChI is InChI=1S/C13H11N5O3/c1-9-2-4-10(5-3-9)13-15-12(21-16-13)7-17-6-11(14-8-17)18(19)20/h2-6,8H,7H2,1H3. The predicted molar refractivity (Wildman–Crippen MR) is 72.5 cm³/mol. The van der Waals surface area contributed by atoms with Gasteiger partial charge in [0.25, 0.3) is 0 Å². The van der Waals surface area contributed by atoms with Crippen LogP contribution >= 0.6 is 0 Å². The Morgan fingerprint density at radius 3 is 2.76 bits per heavy atom. The Hall–Kier alpha value is -3.03. The van der Waals surface area contributed by atoms with E-state index in [2.05, 4.69) is 15.1 Å². The molecule has 1 aromatic carbocycles. The molecule has 2 aromatic heterocycles. The second-order valence-corrected chi connectivity index (χ2v) is 4.54. The van der Waals surface area contributed by atoms with Crippen LogP contribution in [0.25, 0.3) is 11.4 Å². The maximum absolute atomic E-state index is 10.6. The first-order valence-electron chi connectivity index (χ1n) is 6.17. The lowest BCUT2D eigenvalue weighted by Gasteiger charge is -1.94. The van der Waals surface area contributed by atoms with Crippen LogP contribution in [0.15, 0.2) is 41.3 Å². The van der Waals surface area contributed by atoms with Crippen LogP contribution in [-0.4, -0.2) is 24.6 Å². The smallest absolute Gasteiger partial charge is 0.358 e. The minimum absolute atomic E-state index is 0.215. The van der Waals surface area contributed by atoms with Gasteiger partial charge in [-0.1, -0.05) is 35.0 Å². The summed E-state index contributed by atoms with van der Waals surface area (Å²) in [6, 6.07) is 7.74. The fourth-order valence-electron chi connectivity index (χ4n) is 1.82. The van der Waals surface area contributed by atoms with Crippen molar-refractivity contribution in [2.75, 3.05) is 0 Å². The Bertz CT molecular complexity index is 775. The molecule has 3 rings (SSSR count). The van der Waals surface area contributed by atoms with Crippen molar-refractivity contribution in [3.8, 4) is 11.4 Å². The van der Waals surface area contributed by atoms with Crippen molar-refractivity contribution in [3.05, 3.63) is 58.4 Å². The molecule has 0 aliphatic heterocycles. The summed E-state index contributed by atoms with van der Waals surface area (Å²) in [5, 5.41) is 14.5. The van der Waals surface area contributed by atoms with E-state index in [1.54, 1.807) is 0 Å². The molecule has 0 bridgehead atoms. The highest BCUT2D eigenvalue weighted by atomic mass is 16.6. The predicted octanol–water partition coefficient (Wildman–Crippen LogP) is 2.20. The van der Waals surface area contributed by atoms with Crippen molar-refractivity contribution < 1.29 is 9.45 Å². The molecule has 8 nitrogen and oxygen atoms in total. The normalized spacial score (nSPS) is 10.7. The molecule has 0 saturated heterocycles. The summed E-state index contributed by atoms with van der Waals surface area (Å²) < 4.78 is 6.66. The number of aryl methyl sites for hydroxylation is 1. The van der Waals surface area contributed by atoms with Gasteiger partial charge in [-0.15, -0.1) is 0 Å². The summed E-state index contributed by atoms with van der Waals surface area (Å²) in [5.74, 6) is 0.630. The zero-order valence-corrected chi connectivity index (χ0v) is 11.1. The number of benzene rings is 1. The van der Waals surface area contributed by atoms with Gasteiger partial charge in [0, 0.05) is 5.56 Å². The van der Waals surface area contributed by atoms with E-state index in [9.17, 15) is 10.1 Å². The minimum Gasteiger partial charge on any atom is -0.358 e.